The van der Waals surface area contributed by atoms with Crippen LogP contribution in [-0.4, -0.2) is 30.9 Å². The van der Waals surface area contributed by atoms with Crippen LogP contribution in [0.15, 0.2) is 0 Å². The summed E-state index contributed by atoms with van der Waals surface area (Å²) in [7, 11) is 0. The predicted molar refractivity (Wildman–Crippen MR) is 80.0 cm³/mol. The van der Waals surface area contributed by atoms with Crippen molar-refractivity contribution in [3.8, 4) is 0 Å². The molecule has 1 atom stereocenters. The molecular formula is C15H29N3O2. The second-order valence-corrected chi connectivity index (χ2v) is 6.08. The van der Waals surface area contributed by atoms with Crippen molar-refractivity contribution in [3.63, 3.8) is 0 Å². The van der Waals surface area contributed by atoms with Gasteiger partial charge in [0.2, 0.25) is 11.8 Å². The van der Waals surface area contributed by atoms with Crippen molar-refractivity contribution in [3.05, 3.63) is 0 Å². The maximum Gasteiger partial charge on any atom is 0.236 e. The molecule has 116 valence electrons. The zero-order valence-corrected chi connectivity index (χ0v) is 12.8. The second kappa shape index (κ2) is 8.95. The Morgan fingerprint density at radius 3 is 2.15 bits per heavy atom. The molecule has 1 rings (SSSR count). The minimum atomic E-state index is -0.418. The van der Waals surface area contributed by atoms with Crippen LogP contribution >= 0.6 is 0 Å². The van der Waals surface area contributed by atoms with E-state index < -0.39 is 6.04 Å². The van der Waals surface area contributed by atoms with Gasteiger partial charge in [0.05, 0.1) is 6.04 Å². The molecule has 1 aliphatic carbocycles. The van der Waals surface area contributed by atoms with Crippen molar-refractivity contribution >= 4 is 11.8 Å². The number of rotatable bonds is 7. The molecule has 0 heterocycles. The zero-order valence-electron chi connectivity index (χ0n) is 12.8. The fourth-order valence-electron chi connectivity index (χ4n) is 2.60. The smallest absolute Gasteiger partial charge is 0.236 e. The number of hydrogen-bond acceptors (Lipinski definition) is 3. The van der Waals surface area contributed by atoms with E-state index in [0.717, 1.165) is 6.42 Å². The summed E-state index contributed by atoms with van der Waals surface area (Å²) >= 11 is 0. The van der Waals surface area contributed by atoms with Crippen LogP contribution in [0.25, 0.3) is 0 Å². The Hall–Kier alpha value is -1.10. The molecule has 1 unspecified atom stereocenters. The summed E-state index contributed by atoms with van der Waals surface area (Å²) in [6.07, 6.45) is 7.02. The first kappa shape index (κ1) is 17.0. The first-order valence-corrected chi connectivity index (χ1v) is 7.81. The molecular weight excluding hydrogens is 254 g/mol. The van der Waals surface area contributed by atoms with Gasteiger partial charge in [-0.3, -0.25) is 9.59 Å². The van der Waals surface area contributed by atoms with E-state index in [1.54, 1.807) is 0 Å². The molecule has 0 aliphatic heterocycles. The van der Waals surface area contributed by atoms with Crippen molar-refractivity contribution in [1.82, 2.24) is 10.6 Å². The maximum atomic E-state index is 11.8. The third-order valence-electron chi connectivity index (χ3n) is 3.90. The van der Waals surface area contributed by atoms with Gasteiger partial charge in [-0.1, -0.05) is 46.0 Å². The highest BCUT2D eigenvalue weighted by Gasteiger charge is 2.20. The van der Waals surface area contributed by atoms with Crippen LogP contribution in [0.5, 0.6) is 0 Å². The lowest BCUT2D eigenvalue weighted by Gasteiger charge is -2.24. The van der Waals surface area contributed by atoms with Gasteiger partial charge < -0.3 is 16.4 Å². The van der Waals surface area contributed by atoms with Gasteiger partial charge in [0.15, 0.2) is 0 Å². The highest BCUT2D eigenvalue weighted by molar-refractivity contribution is 5.81. The molecule has 0 aromatic heterocycles. The van der Waals surface area contributed by atoms with Gasteiger partial charge in [-0.15, -0.1) is 0 Å². The molecule has 1 fully saturated rings. The van der Waals surface area contributed by atoms with Gasteiger partial charge in [-0.2, -0.15) is 0 Å². The lowest BCUT2D eigenvalue weighted by atomic mass is 9.85. The second-order valence-electron chi connectivity index (χ2n) is 6.08. The summed E-state index contributed by atoms with van der Waals surface area (Å²) in [5, 5.41) is 5.55. The Bertz CT molecular complexity index is 312. The molecule has 5 heteroatoms. The molecule has 0 spiro atoms. The minimum Gasteiger partial charge on any atom is -0.354 e. The van der Waals surface area contributed by atoms with Crippen molar-refractivity contribution in [2.45, 2.75) is 58.4 Å². The van der Waals surface area contributed by atoms with E-state index in [4.69, 9.17) is 5.73 Å². The highest BCUT2D eigenvalue weighted by atomic mass is 16.2. The van der Waals surface area contributed by atoms with E-state index in [1.807, 2.05) is 13.8 Å². The quantitative estimate of drug-likeness (QED) is 0.613. The molecule has 20 heavy (non-hydrogen) atoms. The summed E-state index contributed by atoms with van der Waals surface area (Å²) in [6, 6.07) is -0.418. The third-order valence-corrected chi connectivity index (χ3v) is 3.90. The van der Waals surface area contributed by atoms with Gasteiger partial charge in [-0.05, 0) is 12.3 Å². The molecule has 5 nitrogen and oxygen atoms in total. The Balaban J connectivity index is 2.13. The summed E-state index contributed by atoms with van der Waals surface area (Å²) in [5.74, 6) is 0.476. The molecule has 1 aliphatic rings. The number of nitrogens with two attached hydrogens (primary N) is 1. The van der Waals surface area contributed by atoms with E-state index in [9.17, 15) is 9.59 Å². The SMILES string of the molecule is CC(C)C(=O)NCCNC(=O)C(N)CC1CCCCC1. The molecule has 0 radical (unpaired) electrons. The molecule has 4 N–H and O–H groups in total. The maximum absolute atomic E-state index is 11.8. The van der Waals surface area contributed by atoms with Gasteiger partial charge in [0.1, 0.15) is 0 Å². The van der Waals surface area contributed by atoms with E-state index >= 15 is 0 Å². The van der Waals surface area contributed by atoms with Gasteiger partial charge in [0.25, 0.3) is 0 Å². The van der Waals surface area contributed by atoms with Gasteiger partial charge in [-0.25, -0.2) is 0 Å². The number of carbonyl (C=O) groups is 2. The average Bonchev–Trinajstić information content (AvgIpc) is 2.43. The summed E-state index contributed by atoms with van der Waals surface area (Å²) in [4.78, 5) is 23.2. The lowest BCUT2D eigenvalue weighted by molar-refractivity contribution is -0.125. The van der Waals surface area contributed by atoms with Crippen LogP contribution in [0.1, 0.15) is 52.4 Å². The van der Waals surface area contributed by atoms with E-state index in [2.05, 4.69) is 10.6 Å². The Morgan fingerprint density at radius 1 is 1.05 bits per heavy atom. The topological polar surface area (TPSA) is 84.2 Å². The fraction of sp³-hybridized carbons (Fsp3) is 0.867. The summed E-state index contributed by atoms with van der Waals surface area (Å²) in [5.41, 5.74) is 5.94. The molecule has 0 saturated heterocycles. The van der Waals surface area contributed by atoms with E-state index in [1.165, 1.54) is 32.1 Å². The highest BCUT2D eigenvalue weighted by Crippen LogP contribution is 2.26. The molecule has 1 saturated carbocycles. The van der Waals surface area contributed by atoms with Crippen LogP contribution in [0.2, 0.25) is 0 Å². The standard InChI is InChI=1S/C15H29N3O2/c1-11(2)14(19)17-8-9-18-15(20)13(16)10-12-6-4-3-5-7-12/h11-13H,3-10,16H2,1-2H3,(H,17,19)(H,18,20). The predicted octanol–water partition coefficient (Wildman–Crippen LogP) is 1.17. The van der Waals surface area contributed by atoms with Crippen molar-refractivity contribution < 1.29 is 9.59 Å². The third kappa shape index (κ3) is 6.37. The molecule has 0 aromatic carbocycles. The van der Waals surface area contributed by atoms with Crippen LogP contribution in [0.3, 0.4) is 0 Å². The van der Waals surface area contributed by atoms with Crippen molar-refractivity contribution in [2.75, 3.05) is 13.1 Å². The summed E-state index contributed by atoms with van der Waals surface area (Å²) in [6.45, 7) is 4.58. The van der Waals surface area contributed by atoms with E-state index in [0.29, 0.717) is 19.0 Å². The van der Waals surface area contributed by atoms with E-state index in [-0.39, 0.29) is 17.7 Å². The molecule has 0 aromatic rings. The minimum absolute atomic E-state index is 0.00533. The lowest BCUT2D eigenvalue weighted by Crippen LogP contribution is -2.44. The molecule has 2 amide bonds. The average molecular weight is 283 g/mol. The number of amides is 2. The largest absolute Gasteiger partial charge is 0.354 e. The summed E-state index contributed by atoms with van der Waals surface area (Å²) < 4.78 is 0. The van der Waals surface area contributed by atoms with Crippen LogP contribution < -0.4 is 16.4 Å². The van der Waals surface area contributed by atoms with Crippen LogP contribution in [0, 0.1) is 11.8 Å². The van der Waals surface area contributed by atoms with Gasteiger partial charge >= 0.3 is 0 Å². The Labute approximate surface area is 122 Å². The molecule has 0 bridgehead atoms. The Kier molecular flexibility index (Phi) is 7.59. The fourth-order valence-corrected chi connectivity index (χ4v) is 2.60. The monoisotopic (exact) mass is 283 g/mol. The van der Waals surface area contributed by atoms with Crippen LogP contribution in [0.4, 0.5) is 0 Å². The number of carbonyl (C=O) groups excluding carboxylic acids is 2. The van der Waals surface area contributed by atoms with Gasteiger partial charge in [0, 0.05) is 19.0 Å². The number of hydrogen-bond donors (Lipinski definition) is 3. The number of nitrogens with one attached hydrogen (secondary N) is 2. The van der Waals surface area contributed by atoms with Crippen molar-refractivity contribution in [1.29, 1.82) is 0 Å². The first-order chi connectivity index (χ1) is 9.50. The Morgan fingerprint density at radius 2 is 1.60 bits per heavy atom. The van der Waals surface area contributed by atoms with Crippen LogP contribution in [-0.2, 0) is 9.59 Å². The zero-order chi connectivity index (χ0) is 15.0. The van der Waals surface area contributed by atoms with Crippen molar-refractivity contribution in [2.24, 2.45) is 17.6 Å². The first-order valence-electron chi connectivity index (χ1n) is 7.81. The normalized spacial score (nSPS) is 17.8.